The Kier molecular flexibility index (Phi) is 4.32. The summed E-state index contributed by atoms with van der Waals surface area (Å²) in [5.74, 6) is 0.713. The molecule has 2 amide bonds. The predicted octanol–water partition coefficient (Wildman–Crippen LogP) is 2.91. The van der Waals surface area contributed by atoms with Crippen LogP contribution < -0.4 is 4.90 Å². The molecular weight excluding hydrogens is 280 g/mol. The fraction of sp³-hybridized carbons (Fsp3) is 0.529. The highest BCUT2D eigenvalue weighted by atomic mass is 16.6. The largest absolute Gasteiger partial charge is 0.447 e. The molecule has 2 saturated heterocycles. The molecule has 5 nitrogen and oxygen atoms in total. The molecule has 2 fully saturated rings. The number of likely N-dealkylation sites (tertiary alicyclic amines) is 1. The van der Waals surface area contributed by atoms with Gasteiger partial charge in [0.15, 0.2) is 0 Å². The van der Waals surface area contributed by atoms with Crippen LogP contribution in [0.25, 0.3) is 0 Å². The maximum atomic E-state index is 12.6. The molecule has 1 atom stereocenters. The van der Waals surface area contributed by atoms with Crippen LogP contribution in [-0.4, -0.2) is 43.1 Å². The second-order valence-corrected chi connectivity index (χ2v) is 5.98. The summed E-state index contributed by atoms with van der Waals surface area (Å²) in [7, 11) is 0. The van der Waals surface area contributed by atoms with E-state index >= 15 is 0 Å². The number of piperidine rings is 1. The van der Waals surface area contributed by atoms with Gasteiger partial charge in [-0.25, -0.2) is 4.79 Å². The Labute approximate surface area is 130 Å². The SMILES string of the molecule is CCC1CCCN(C(=O)c2ccc(N3CCOC3=O)cc2)C1. The van der Waals surface area contributed by atoms with E-state index in [2.05, 4.69) is 6.92 Å². The highest BCUT2D eigenvalue weighted by Gasteiger charge is 2.25. The summed E-state index contributed by atoms with van der Waals surface area (Å²) < 4.78 is 4.93. The first-order valence-corrected chi connectivity index (χ1v) is 8.02. The van der Waals surface area contributed by atoms with E-state index in [9.17, 15) is 9.59 Å². The van der Waals surface area contributed by atoms with Crippen LogP contribution in [0.15, 0.2) is 24.3 Å². The Bertz CT molecular complexity index is 556. The van der Waals surface area contributed by atoms with Crippen LogP contribution >= 0.6 is 0 Å². The van der Waals surface area contributed by atoms with Gasteiger partial charge in [0, 0.05) is 24.3 Å². The fourth-order valence-electron chi connectivity index (χ4n) is 3.18. The van der Waals surface area contributed by atoms with Gasteiger partial charge in [0.05, 0.1) is 6.54 Å². The summed E-state index contributed by atoms with van der Waals surface area (Å²) in [6.45, 7) is 4.87. The Balaban J connectivity index is 1.69. The number of ether oxygens (including phenoxy) is 1. The van der Waals surface area contributed by atoms with Gasteiger partial charge >= 0.3 is 6.09 Å². The van der Waals surface area contributed by atoms with E-state index in [-0.39, 0.29) is 12.0 Å². The molecule has 1 aromatic rings. The molecule has 2 aliphatic rings. The normalized spacial score (nSPS) is 21.9. The van der Waals surface area contributed by atoms with Crippen molar-refractivity contribution >= 4 is 17.7 Å². The molecule has 2 aliphatic heterocycles. The summed E-state index contributed by atoms with van der Waals surface area (Å²) in [5.41, 5.74) is 1.47. The lowest BCUT2D eigenvalue weighted by Gasteiger charge is -2.32. The summed E-state index contributed by atoms with van der Waals surface area (Å²) in [6, 6.07) is 7.25. The van der Waals surface area contributed by atoms with Crippen LogP contribution in [0.1, 0.15) is 36.5 Å². The summed E-state index contributed by atoms with van der Waals surface area (Å²) >= 11 is 0. The number of benzene rings is 1. The van der Waals surface area contributed by atoms with E-state index in [1.807, 2.05) is 17.0 Å². The van der Waals surface area contributed by atoms with Gasteiger partial charge in [-0.2, -0.15) is 0 Å². The van der Waals surface area contributed by atoms with Crippen LogP contribution in [0.2, 0.25) is 0 Å². The zero-order chi connectivity index (χ0) is 15.5. The molecule has 118 valence electrons. The van der Waals surface area contributed by atoms with Crippen LogP contribution in [0.3, 0.4) is 0 Å². The molecule has 0 aromatic heterocycles. The van der Waals surface area contributed by atoms with E-state index in [1.54, 1.807) is 17.0 Å². The number of rotatable bonds is 3. The third kappa shape index (κ3) is 2.93. The standard InChI is InChI=1S/C17H22N2O3/c1-2-13-4-3-9-18(12-13)16(20)14-5-7-15(8-6-14)19-10-11-22-17(19)21/h5-8,13H,2-4,9-12H2,1H3. The molecule has 0 radical (unpaired) electrons. The third-order valence-corrected chi connectivity index (χ3v) is 4.57. The van der Waals surface area contributed by atoms with Gasteiger partial charge in [-0.05, 0) is 43.0 Å². The van der Waals surface area contributed by atoms with Crippen LogP contribution in [0, 0.1) is 5.92 Å². The fourth-order valence-corrected chi connectivity index (χ4v) is 3.18. The number of nitrogens with zero attached hydrogens (tertiary/aromatic N) is 2. The third-order valence-electron chi connectivity index (χ3n) is 4.57. The Morgan fingerprint density at radius 3 is 2.68 bits per heavy atom. The zero-order valence-electron chi connectivity index (χ0n) is 13.0. The molecule has 1 unspecified atom stereocenters. The smallest absolute Gasteiger partial charge is 0.414 e. The van der Waals surface area contributed by atoms with Crippen molar-refractivity contribution in [2.24, 2.45) is 5.92 Å². The number of carbonyl (C=O) groups is 2. The second-order valence-electron chi connectivity index (χ2n) is 5.98. The monoisotopic (exact) mass is 302 g/mol. The van der Waals surface area contributed by atoms with E-state index in [0.717, 1.165) is 31.6 Å². The van der Waals surface area contributed by atoms with Crippen molar-refractivity contribution in [3.63, 3.8) is 0 Å². The quantitative estimate of drug-likeness (QED) is 0.862. The van der Waals surface area contributed by atoms with Gasteiger partial charge in [-0.1, -0.05) is 13.3 Å². The number of hydrogen-bond donors (Lipinski definition) is 0. The number of carbonyl (C=O) groups excluding carboxylic acids is 2. The van der Waals surface area contributed by atoms with Crippen LogP contribution in [0.5, 0.6) is 0 Å². The molecule has 22 heavy (non-hydrogen) atoms. The minimum Gasteiger partial charge on any atom is -0.447 e. The van der Waals surface area contributed by atoms with Gasteiger partial charge in [0.25, 0.3) is 5.91 Å². The summed E-state index contributed by atoms with van der Waals surface area (Å²) in [5, 5.41) is 0. The highest BCUT2D eigenvalue weighted by molar-refractivity contribution is 5.95. The van der Waals surface area contributed by atoms with Gasteiger partial charge in [0.1, 0.15) is 6.61 Å². The van der Waals surface area contributed by atoms with Crippen molar-refractivity contribution in [2.45, 2.75) is 26.2 Å². The van der Waals surface area contributed by atoms with Gasteiger partial charge in [-0.3, -0.25) is 9.69 Å². The van der Waals surface area contributed by atoms with Crippen molar-refractivity contribution in [3.8, 4) is 0 Å². The van der Waals surface area contributed by atoms with Crippen molar-refractivity contribution in [1.29, 1.82) is 0 Å². The van der Waals surface area contributed by atoms with Crippen molar-refractivity contribution in [2.75, 3.05) is 31.1 Å². The number of hydrogen-bond acceptors (Lipinski definition) is 3. The van der Waals surface area contributed by atoms with Crippen LogP contribution in [0.4, 0.5) is 10.5 Å². The number of amides is 2. The topological polar surface area (TPSA) is 49.9 Å². The first kappa shape index (κ1) is 14.9. The molecule has 0 bridgehead atoms. The first-order valence-electron chi connectivity index (χ1n) is 8.02. The van der Waals surface area contributed by atoms with Crippen LogP contribution in [-0.2, 0) is 4.74 Å². The first-order chi connectivity index (χ1) is 10.7. The summed E-state index contributed by atoms with van der Waals surface area (Å²) in [6.07, 6.45) is 3.11. The lowest BCUT2D eigenvalue weighted by atomic mass is 9.95. The second kappa shape index (κ2) is 6.38. The molecular formula is C17H22N2O3. The molecule has 0 aliphatic carbocycles. The van der Waals surface area contributed by atoms with Crippen molar-refractivity contribution in [1.82, 2.24) is 4.90 Å². The van der Waals surface area contributed by atoms with Crippen molar-refractivity contribution in [3.05, 3.63) is 29.8 Å². The highest BCUT2D eigenvalue weighted by Crippen LogP contribution is 2.23. The van der Waals surface area contributed by atoms with E-state index < -0.39 is 0 Å². The Morgan fingerprint density at radius 2 is 2.05 bits per heavy atom. The molecule has 0 N–H and O–H groups in total. The molecule has 1 aromatic carbocycles. The summed E-state index contributed by atoms with van der Waals surface area (Å²) in [4.78, 5) is 27.7. The lowest BCUT2D eigenvalue weighted by molar-refractivity contribution is 0.0671. The van der Waals surface area contributed by atoms with Gasteiger partial charge in [0.2, 0.25) is 0 Å². The zero-order valence-corrected chi connectivity index (χ0v) is 13.0. The average Bonchev–Trinajstić information content (AvgIpc) is 3.00. The van der Waals surface area contributed by atoms with Crippen molar-refractivity contribution < 1.29 is 14.3 Å². The van der Waals surface area contributed by atoms with E-state index in [0.29, 0.717) is 24.6 Å². The minimum atomic E-state index is -0.319. The molecule has 2 heterocycles. The molecule has 3 rings (SSSR count). The Hall–Kier alpha value is -2.04. The Morgan fingerprint density at radius 1 is 1.27 bits per heavy atom. The van der Waals surface area contributed by atoms with Gasteiger partial charge < -0.3 is 9.64 Å². The van der Waals surface area contributed by atoms with E-state index in [1.165, 1.54) is 6.42 Å². The molecule has 0 spiro atoms. The van der Waals surface area contributed by atoms with E-state index in [4.69, 9.17) is 4.74 Å². The van der Waals surface area contributed by atoms with Gasteiger partial charge in [-0.15, -0.1) is 0 Å². The molecule has 0 saturated carbocycles. The molecule has 5 heteroatoms. The maximum absolute atomic E-state index is 12.6. The average molecular weight is 302 g/mol. The number of cyclic esters (lactones) is 1. The predicted molar refractivity (Wildman–Crippen MR) is 84.1 cm³/mol. The lowest BCUT2D eigenvalue weighted by Crippen LogP contribution is -2.39. The number of anilines is 1. The minimum absolute atomic E-state index is 0.0914. The maximum Gasteiger partial charge on any atom is 0.414 e.